The van der Waals surface area contributed by atoms with Crippen LogP contribution < -0.4 is 4.90 Å². The van der Waals surface area contributed by atoms with Crippen molar-refractivity contribution in [3.63, 3.8) is 0 Å². The van der Waals surface area contributed by atoms with Gasteiger partial charge in [-0.05, 0) is 44.2 Å². The quantitative estimate of drug-likeness (QED) is 0.339. The first-order valence-corrected chi connectivity index (χ1v) is 12.6. The maximum absolute atomic E-state index is 12.5. The lowest BCUT2D eigenvalue weighted by molar-refractivity contribution is -0.384. The summed E-state index contributed by atoms with van der Waals surface area (Å²) in [5.41, 5.74) is 0.282. The Bertz CT molecular complexity index is 995. The summed E-state index contributed by atoms with van der Waals surface area (Å²) < 4.78 is 28.5. The lowest BCUT2D eigenvalue weighted by atomic mass is 9.99. The topological polar surface area (TPSA) is 127 Å². The molecule has 1 aromatic carbocycles. The molecule has 2 fully saturated rings. The molecule has 1 aromatic rings. The van der Waals surface area contributed by atoms with E-state index in [1.165, 1.54) is 17.0 Å². The standard InChI is InChI=1S/C21H29N3O7S/c1-3-23(17-8-10-32(29,30)14-17)20(25)13-31-21(26)16-6-7-18(19(11-16)24(27)28)22-9-4-5-15(2)12-22/h6-7,11,15,17H,3-5,8-10,12-14H2,1-2H3/t15-,17-/m1/s1. The van der Waals surface area contributed by atoms with E-state index in [9.17, 15) is 28.1 Å². The normalized spacial score (nSPS) is 22.4. The molecule has 11 heteroatoms. The van der Waals surface area contributed by atoms with E-state index in [1.54, 1.807) is 13.0 Å². The highest BCUT2D eigenvalue weighted by atomic mass is 32.2. The molecule has 3 rings (SSSR count). The number of carbonyl (C=O) groups is 2. The van der Waals surface area contributed by atoms with Crippen molar-refractivity contribution < 1.29 is 27.7 Å². The number of hydrogen-bond acceptors (Lipinski definition) is 8. The first kappa shape index (κ1) is 24.0. The van der Waals surface area contributed by atoms with E-state index in [4.69, 9.17) is 4.74 Å². The van der Waals surface area contributed by atoms with Crippen molar-refractivity contribution in [2.75, 3.05) is 42.6 Å². The fourth-order valence-electron chi connectivity index (χ4n) is 4.43. The molecule has 0 saturated carbocycles. The van der Waals surface area contributed by atoms with Gasteiger partial charge in [-0.3, -0.25) is 14.9 Å². The number of anilines is 1. The molecular weight excluding hydrogens is 438 g/mol. The molecule has 32 heavy (non-hydrogen) atoms. The number of likely N-dealkylation sites (N-methyl/N-ethyl adjacent to an activating group) is 1. The summed E-state index contributed by atoms with van der Waals surface area (Å²) in [7, 11) is -3.16. The number of nitrogens with zero attached hydrogens (tertiary/aromatic N) is 3. The van der Waals surface area contributed by atoms with Gasteiger partial charge in [0.25, 0.3) is 11.6 Å². The minimum Gasteiger partial charge on any atom is -0.452 e. The van der Waals surface area contributed by atoms with Crippen LogP contribution in [0.4, 0.5) is 11.4 Å². The molecule has 2 aliphatic heterocycles. The summed E-state index contributed by atoms with van der Waals surface area (Å²) in [4.78, 5) is 39.5. The van der Waals surface area contributed by atoms with Gasteiger partial charge in [0.2, 0.25) is 0 Å². The van der Waals surface area contributed by atoms with Gasteiger partial charge in [-0.25, -0.2) is 13.2 Å². The Labute approximate surface area is 187 Å². The maximum atomic E-state index is 12.5. The zero-order valence-corrected chi connectivity index (χ0v) is 19.2. The summed E-state index contributed by atoms with van der Waals surface area (Å²) in [6.07, 6.45) is 2.38. The molecule has 0 aromatic heterocycles. The van der Waals surface area contributed by atoms with Crippen molar-refractivity contribution in [1.82, 2.24) is 4.90 Å². The molecule has 2 saturated heterocycles. The van der Waals surface area contributed by atoms with Gasteiger partial charge >= 0.3 is 5.97 Å². The van der Waals surface area contributed by atoms with E-state index >= 15 is 0 Å². The summed E-state index contributed by atoms with van der Waals surface area (Å²) in [6, 6.07) is 3.78. The van der Waals surface area contributed by atoms with Crippen LogP contribution in [0.3, 0.4) is 0 Å². The number of hydrogen-bond donors (Lipinski definition) is 0. The average molecular weight is 468 g/mol. The van der Waals surface area contributed by atoms with Gasteiger partial charge in [0.05, 0.1) is 22.0 Å². The van der Waals surface area contributed by atoms with Crippen LogP contribution in [0.5, 0.6) is 0 Å². The Morgan fingerprint density at radius 3 is 2.66 bits per heavy atom. The first-order chi connectivity index (χ1) is 15.1. The van der Waals surface area contributed by atoms with Crippen LogP contribution in [-0.2, 0) is 19.4 Å². The second kappa shape index (κ2) is 9.85. The van der Waals surface area contributed by atoms with Gasteiger partial charge < -0.3 is 14.5 Å². The summed E-state index contributed by atoms with van der Waals surface area (Å²) in [5, 5.41) is 11.6. The van der Waals surface area contributed by atoms with Crippen LogP contribution in [0.1, 0.15) is 43.5 Å². The highest BCUT2D eigenvalue weighted by Crippen LogP contribution is 2.32. The van der Waals surface area contributed by atoms with Crippen molar-refractivity contribution in [3.05, 3.63) is 33.9 Å². The Kier molecular flexibility index (Phi) is 7.37. The summed E-state index contributed by atoms with van der Waals surface area (Å²) in [6.45, 7) is 5.00. The number of ether oxygens (including phenoxy) is 1. The second-order valence-electron chi connectivity index (χ2n) is 8.47. The third kappa shape index (κ3) is 5.56. The first-order valence-electron chi connectivity index (χ1n) is 10.8. The number of amides is 1. The number of sulfone groups is 1. The third-order valence-corrected chi connectivity index (χ3v) is 7.79. The maximum Gasteiger partial charge on any atom is 0.338 e. The van der Waals surface area contributed by atoms with E-state index in [0.29, 0.717) is 37.7 Å². The number of esters is 1. The van der Waals surface area contributed by atoms with E-state index in [2.05, 4.69) is 6.92 Å². The molecule has 1 amide bonds. The largest absolute Gasteiger partial charge is 0.452 e. The van der Waals surface area contributed by atoms with Crippen molar-refractivity contribution in [1.29, 1.82) is 0 Å². The molecule has 0 unspecified atom stereocenters. The van der Waals surface area contributed by atoms with Gasteiger partial charge in [-0.15, -0.1) is 0 Å². The van der Waals surface area contributed by atoms with Crippen LogP contribution in [-0.4, -0.2) is 73.9 Å². The predicted molar refractivity (Wildman–Crippen MR) is 118 cm³/mol. The second-order valence-corrected chi connectivity index (χ2v) is 10.7. The average Bonchev–Trinajstić information content (AvgIpc) is 3.11. The number of benzene rings is 1. The smallest absolute Gasteiger partial charge is 0.338 e. The van der Waals surface area contributed by atoms with Gasteiger partial charge in [0.15, 0.2) is 16.4 Å². The predicted octanol–water partition coefficient (Wildman–Crippen LogP) is 2.02. The number of nitro benzene ring substituents is 1. The zero-order chi connectivity index (χ0) is 23.5. The van der Waals surface area contributed by atoms with Crippen LogP contribution in [0.15, 0.2) is 18.2 Å². The van der Waals surface area contributed by atoms with E-state index in [1.807, 2.05) is 4.90 Å². The molecule has 0 aliphatic carbocycles. The third-order valence-electron chi connectivity index (χ3n) is 6.04. The molecule has 2 aliphatic rings. The van der Waals surface area contributed by atoms with Crippen molar-refractivity contribution >= 4 is 33.1 Å². The molecule has 0 N–H and O–H groups in total. The highest BCUT2D eigenvalue weighted by Gasteiger charge is 2.34. The van der Waals surface area contributed by atoms with Gasteiger partial charge in [-0.1, -0.05) is 6.92 Å². The number of carbonyl (C=O) groups excluding carboxylic acids is 2. The number of rotatable bonds is 7. The van der Waals surface area contributed by atoms with Gasteiger partial charge in [0, 0.05) is 31.7 Å². The zero-order valence-electron chi connectivity index (χ0n) is 18.4. The van der Waals surface area contributed by atoms with E-state index in [0.717, 1.165) is 12.8 Å². The van der Waals surface area contributed by atoms with Crippen LogP contribution in [0, 0.1) is 16.0 Å². The fourth-order valence-corrected chi connectivity index (χ4v) is 6.16. The van der Waals surface area contributed by atoms with Gasteiger partial charge in [0.1, 0.15) is 5.69 Å². The Morgan fingerprint density at radius 2 is 2.06 bits per heavy atom. The van der Waals surface area contributed by atoms with E-state index < -0.39 is 39.3 Å². The molecule has 2 heterocycles. The molecule has 0 bridgehead atoms. The minimum absolute atomic E-state index is 0.00944. The lowest BCUT2D eigenvalue weighted by Gasteiger charge is -2.32. The monoisotopic (exact) mass is 467 g/mol. The number of nitro groups is 1. The molecule has 176 valence electrons. The van der Waals surface area contributed by atoms with Crippen molar-refractivity contribution in [2.24, 2.45) is 5.92 Å². The summed E-state index contributed by atoms with van der Waals surface area (Å²) in [5.74, 6) is -0.960. The van der Waals surface area contributed by atoms with Crippen LogP contribution >= 0.6 is 0 Å². The van der Waals surface area contributed by atoms with Crippen LogP contribution in [0.25, 0.3) is 0 Å². The van der Waals surface area contributed by atoms with E-state index in [-0.39, 0.29) is 22.8 Å². The Morgan fingerprint density at radius 1 is 1.31 bits per heavy atom. The Hall–Kier alpha value is -2.69. The van der Waals surface area contributed by atoms with Gasteiger partial charge in [-0.2, -0.15) is 0 Å². The number of piperidine rings is 1. The van der Waals surface area contributed by atoms with Crippen molar-refractivity contribution in [3.8, 4) is 0 Å². The molecule has 0 radical (unpaired) electrons. The SMILES string of the molecule is CCN(C(=O)COC(=O)c1ccc(N2CCC[C@@H](C)C2)c([N+](=O)[O-])c1)[C@@H]1CCS(=O)(=O)C1. The fraction of sp³-hybridized carbons (Fsp3) is 0.619. The highest BCUT2D eigenvalue weighted by molar-refractivity contribution is 7.91. The summed E-state index contributed by atoms with van der Waals surface area (Å²) >= 11 is 0. The molecular formula is C21H29N3O7S. The lowest BCUT2D eigenvalue weighted by Crippen LogP contribution is -2.43. The molecule has 2 atom stereocenters. The molecule has 0 spiro atoms. The minimum atomic E-state index is -3.16. The van der Waals surface area contributed by atoms with Crippen molar-refractivity contribution in [2.45, 2.75) is 39.2 Å². The van der Waals surface area contributed by atoms with Crippen LogP contribution in [0.2, 0.25) is 0 Å². The molecule has 10 nitrogen and oxygen atoms in total. The Balaban J connectivity index is 1.67.